The maximum absolute atomic E-state index is 11.4. The number of carbonyl (C=O) groups is 1. The normalized spacial score (nSPS) is 19.2. The van der Waals surface area contributed by atoms with Gasteiger partial charge in [-0.25, -0.2) is 0 Å². The van der Waals surface area contributed by atoms with Crippen molar-refractivity contribution >= 4 is 17.7 Å². The Kier molecular flexibility index (Phi) is 4.61. The number of hydrogen-bond acceptors (Lipinski definition) is 3. The fraction of sp³-hybridized carbons (Fsp3) is 0.278. The van der Waals surface area contributed by atoms with Crippen LogP contribution in [0.1, 0.15) is 29.2 Å². The van der Waals surface area contributed by atoms with Crippen LogP contribution in [0.3, 0.4) is 0 Å². The molecular weight excluding hydrogens is 280 g/mol. The van der Waals surface area contributed by atoms with Crippen LogP contribution in [0.5, 0.6) is 0 Å². The number of cyclic esters (lactones) is 1. The average Bonchev–Trinajstić information content (AvgIpc) is 2.96. The fourth-order valence-electron chi connectivity index (χ4n) is 2.58. The van der Waals surface area contributed by atoms with E-state index in [4.69, 9.17) is 4.74 Å². The van der Waals surface area contributed by atoms with E-state index in [2.05, 4.69) is 36.4 Å². The van der Waals surface area contributed by atoms with E-state index in [-0.39, 0.29) is 17.3 Å². The van der Waals surface area contributed by atoms with E-state index in [0.29, 0.717) is 6.42 Å². The second kappa shape index (κ2) is 6.81. The molecule has 3 heteroatoms. The SMILES string of the molecule is O=C1CCC(C(SCc2ccccc2)c2ccccc2)O1. The Labute approximate surface area is 129 Å². The van der Waals surface area contributed by atoms with Gasteiger partial charge in [0, 0.05) is 12.2 Å². The van der Waals surface area contributed by atoms with Crippen LogP contribution in [0.25, 0.3) is 0 Å². The average molecular weight is 298 g/mol. The van der Waals surface area contributed by atoms with Crippen molar-refractivity contribution in [2.75, 3.05) is 0 Å². The van der Waals surface area contributed by atoms with E-state index in [9.17, 15) is 4.79 Å². The minimum Gasteiger partial charge on any atom is -0.461 e. The van der Waals surface area contributed by atoms with Gasteiger partial charge in [0.1, 0.15) is 6.10 Å². The highest BCUT2D eigenvalue weighted by Gasteiger charge is 2.32. The number of ether oxygens (including phenoxy) is 1. The topological polar surface area (TPSA) is 26.3 Å². The molecule has 1 fully saturated rings. The molecule has 2 aromatic rings. The zero-order valence-electron chi connectivity index (χ0n) is 11.8. The lowest BCUT2D eigenvalue weighted by Gasteiger charge is -2.22. The minimum absolute atomic E-state index is 0.00591. The molecule has 2 aromatic carbocycles. The van der Waals surface area contributed by atoms with Gasteiger partial charge in [-0.3, -0.25) is 4.79 Å². The highest BCUT2D eigenvalue weighted by Crippen LogP contribution is 2.39. The van der Waals surface area contributed by atoms with Crippen molar-refractivity contribution in [3.63, 3.8) is 0 Å². The Morgan fingerprint density at radius 1 is 1.05 bits per heavy atom. The number of benzene rings is 2. The van der Waals surface area contributed by atoms with Gasteiger partial charge in [0.05, 0.1) is 5.25 Å². The summed E-state index contributed by atoms with van der Waals surface area (Å²) in [6.45, 7) is 0. The summed E-state index contributed by atoms with van der Waals surface area (Å²) in [6, 6.07) is 20.8. The summed E-state index contributed by atoms with van der Waals surface area (Å²) in [7, 11) is 0. The maximum atomic E-state index is 11.4. The largest absolute Gasteiger partial charge is 0.461 e. The van der Waals surface area contributed by atoms with Gasteiger partial charge in [0.2, 0.25) is 0 Å². The molecule has 2 atom stereocenters. The zero-order valence-corrected chi connectivity index (χ0v) is 12.6. The molecule has 0 aliphatic carbocycles. The van der Waals surface area contributed by atoms with Crippen molar-refractivity contribution in [2.24, 2.45) is 0 Å². The highest BCUT2D eigenvalue weighted by atomic mass is 32.2. The Morgan fingerprint density at radius 3 is 2.33 bits per heavy atom. The molecule has 0 bridgehead atoms. The summed E-state index contributed by atoms with van der Waals surface area (Å²) in [5.74, 6) is 0.857. The van der Waals surface area contributed by atoms with Crippen LogP contribution in [0.4, 0.5) is 0 Å². The van der Waals surface area contributed by atoms with Gasteiger partial charge in [-0.05, 0) is 17.5 Å². The Morgan fingerprint density at radius 2 is 1.71 bits per heavy atom. The Hall–Kier alpha value is -1.74. The van der Waals surface area contributed by atoms with Gasteiger partial charge in [-0.2, -0.15) is 0 Å². The molecule has 2 nitrogen and oxygen atoms in total. The molecular formula is C18H18O2S. The third-order valence-electron chi connectivity index (χ3n) is 3.65. The zero-order chi connectivity index (χ0) is 14.5. The molecule has 2 unspecified atom stereocenters. The molecule has 1 aliphatic rings. The maximum Gasteiger partial charge on any atom is 0.306 e. The van der Waals surface area contributed by atoms with Crippen molar-refractivity contribution in [1.82, 2.24) is 0 Å². The Bertz CT molecular complexity index is 583. The van der Waals surface area contributed by atoms with Crippen LogP contribution in [0.2, 0.25) is 0 Å². The van der Waals surface area contributed by atoms with Crippen molar-refractivity contribution in [1.29, 1.82) is 0 Å². The number of carbonyl (C=O) groups excluding carboxylic acids is 1. The molecule has 1 aliphatic heterocycles. The summed E-state index contributed by atoms with van der Waals surface area (Å²) in [4.78, 5) is 11.4. The predicted molar refractivity (Wildman–Crippen MR) is 86.0 cm³/mol. The van der Waals surface area contributed by atoms with E-state index >= 15 is 0 Å². The molecule has 108 valence electrons. The van der Waals surface area contributed by atoms with Crippen molar-refractivity contribution in [2.45, 2.75) is 29.9 Å². The third kappa shape index (κ3) is 3.67. The number of rotatable bonds is 5. The molecule has 1 heterocycles. The Balaban J connectivity index is 1.74. The van der Waals surface area contributed by atoms with Gasteiger partial charge < -0.3 is 4.74 Å². The summed E-state index contributed by atoms with van der Waals surface area (Å²) < 4.78 is 5.51. The first-order valence-corrected chi connectivity index (χ1v) is 8.28. The van der Waals surface area contributed by atoms with Gasteiger partial charge in [0.15, 0.2) is 0 Å². The minimum atomic E-state index is -0.0683. The monoisotopic (exact) mass is 298 g/mol. The van der Waals surface area contributed by atoms with E-state index < -0.39 is 0 Å². The molecule has 0 saturated carbocycles. The molecule has 0 aromatic heterocycles. The van der Waals surface area contributed by atoms with E-state index in [0.717, 1.165) is 12.2 Å². The highest BCUT2D eigenvalue weighted by molar-refractivity contribution is 7.98. The van der Waals surface area contributed by atoms with Crippen LogP contribution in [-0.2, 0) is 15.3 Å². The van der Waals surface area contributed by atoms with Gasteiger partial charge >= 0.3 is 5.97 Å². The second-order valence-corrected chi connectivity index (χ2v) is 6.32. The quantitative estimate of drug-likeness (QED) is 0.767. The van der Waals surface area contributed by atoms with E-state index in [1.54, 1.807) is 0 Å². The smallest absolute Gasteiger partial charge is 0.306 e. The summed E-state index contributed by atoms with van der Waals surface area (Å²) in [6.07, 6.45) is 1.36. The molecule has 3 rings (SSSR count). The fourth-order valence-corrected chi connectivity index (χ4v) is 3.90. The van der Waals surface area contributed by atoms with Crippen molar-refractivity contribution in [3.8, 4) is 0 Å². The van der Waals surface area contributed by atoms with Crippen molar-refractivity contribution < 1.29 is 9.53 Å². The van der Waals surface area contributed by atoms with E-state index in [1.807, 2.05) is 36.0 Å². The molecule has 1 saturated heterocycles. The van der Waals surface area contributed by atoms with Crippen LogP contribution < -0.4 is 0 Å². The van der Waals surface area contributed by atoms with Crippen molar-refractivity contribution in [3.05, 3.63) is 71.8 Å². The molecule has 0 N–H and O–H groups in total. The van der Waals surface area contributed by atoms with E-state index in [1.165, 1.54) is 11.1 Å². The molecule has 0 radical (unpaired) electrons. The van der Waals surface area contributed by atoms with Gasteiger partial charge in [0.25, 0.3) is 0 Å². The molecule has 0 amide bonds. The lowest BCUT2D eigenvalue weighted by Crippen LogP contribution is -2.16. The second-order valence-electron chi connectivity index (χ2n) is 5.19. The first kappa shape index (κ1) is 14.2. The summed E-state index contributed by atoms with van der Waals surface area (Å²) in [5.41, 5.74) is 2.53. The lowest BCUT2D eigenvalue weighted by atomic mass is 10.1. The van der Waals surface area contributed by atoms with Crippen LogP contribution in [0, 0.1) is 0 Å². The molecule has 21 heavy (non-hydrogen) atoms. The van der Waals surface area contributed by atoms with Crippen LogP contribution in [-0.4, -0.2) is 12.1 Å². The standard InChI is InChI=1S/C18H18O2S/c19-17-12-11-16(20-17)18(15-9-5-2-6-10-15)21-13-14-7-3-1-4-8-14/h1-10,16,18H,11-13H2. The number of esters is 1. The lowest BCUT2D eigenvalue weighted by molar-refractivity contribution is -0.141. The first-order valence-electron chi connectivity index (χ1n) is 7.23. The first-order chi connectivity index (χ1) is 10.3. The van der Waals surface area contributed by atoms with Gasteiger partial charge in [-0.1, -0.05) is 60.7 Å². The summed E-state index contributed by atoms with van der Waals surface area (Å²) in [5, 5.41) is 0.206. The number of hydrogen-bond donors (Lipinski definition) is 0. The van der Waals surface area contributed by atoms with Gasteiger partial charge in [-0.15, -0.1) is 11.8 Å². The number of thioether (sulfide) groups is 1. The summed E-state index contributed by atoms with van der Waals surface area (Å²) >= 11 is 1.85. The third-order valence-corrected chi connectivity index (χ3v) is 5.09. The predicted octanol–water partition coefficient (Wildman–Crippen LogP) is 4.37. The van der Waals surface area contributed by atoms with Crippen LogP contribution in [0.15, 0.2) is 60.7 Å². The molecule has 0 spiro atoms. The van der Waals surface area contributed by atoms with Crippen LogP contribution >= 0.6 is 11.8 Å².